The van der Waals surface area contributed by atoms with Crippen LogP contribution < -0.4 is 10.1 Å². The van der Waals surface area contributed by atoms with E-state index >= 15 is 0 Å². The number of nitrogens with one attached hydrogen (secondary N) is 1. The Hall–Kier alpha value is -3.37. The summed E-state index contributed by atoms with van der Waals surface area (Å²) in [5, 5.41) is 1.28. The molecule has 3 aromatic carbocycles. The lowest BCUT2D eigenvalue weighted by molar-refractivity contribution is 0.0523. The third kappa shape index (κ3) is 5.97. The summed E-state index contributed by atoms with van der Waals surface area (Å²) in [5.41, 5.74) is 0.517. The number of alkyl carbamates (subject to hydrolysis) is 1. The minimum absolute atomic E-state index is 0.0182. The minimum atomic E-state index is -4.08. The van der Waals surface area contributed by atoms with Gasteiger partial charge in [0.2, 0.25) is 0 Å². The molecule has 8 nitrogen and oxygen atoms in total. The number of hydrogen-bond acceptors (Lipinski definition) is 7. The van der Waals surface area contributed by atoms with Crippen LogP contribution in [0, 0.1) is 0 Å². The summed E-state index contributed by atoms with van der Waals surface area (Å²) >= 11 is 0. The Bertz CT molecular complexity index is 1500. The molecule has 196 valence electrons. The van der Waals surface area contributed by atoms with Crippen molar-refractivity contribution in [1.82, 2.24) is 5.32 Å². The second-order valence-corrected chi connectivity index (χ2v) is 13.8. The number of benzene rings is 3. The lowest BCUT2D eigenvalue weighted by atomic mass is 10.0. The van der Waals surface area contributed by atoms with Gasteiger partial charge in [-0.2, -0.15) is 0 Å². The summed E-state index contributed by atoms with van der Waals surface area (Å²) in [7, 11) is -7.97. The average Bonchev–Trinajstić information content (AvgIpc) is 3.13. The van der Waals surface area contributed by atoms with Crippen molar-refractivity contribution in [3.8, 4) is 5.75 Å². The van der Waals surface area contributed by atoms with Crippen molar-refractivity contribution in [3.63, 3.8) is 0 Å². The second-order valence-electron chi connectivity index (χ2n) is 9.71. The first-order chi connectivity index (χ1) is 17.4. The minimum Gasteiger partial charge on any atom is -0.489 e. The van der Waals surface area contributed by atoms with E-state index < -0.39 is 42.4 Å². The standard InChI is InChI=1S/C27H29NO7S2/c1-27(2,3)35-26(29)28-16-21-22(34-17-19-10-6-4-7-11-19)14-15-23-25(21)24(18-36(23,30)31)37(32,33)20-12-8-5-9-13-20/h4-15,24H,16-18H2,1-3H3,(H,28,29). The van der Waals surface area contributed by atoms with Gasteiger partial charge in [0, 0.05) is 5.56 Å². The lowest BCUT2D eigenvalue weighted by Crippen LogP contribution is -2.32. The fraction of sp³-hybridized carbons (Fsp3) is 0.296. The number of ether oxygens (including phenoxy) is 2. The molecule has 1 amide bonds. The van der Waals surface area contributed by atoms with Gasteiger partial charge in [-0.3, -0.25) is 0 Å². The number of hydrogen-bond donors (Lipinski definition) is 1. The van der Waals surface area contributed by atoms with E-state index in [4.69, 9.17) is 9.47 Å². The van der Waals surface area contributed by atoms with Crippen LogP contribution in [0.3, 0.4) is 0 Å². The van der Waals surface area contributed by atoms with Crippen molar-refractivity contribution in [2.75, 3.05) is 5.75 Å². The molecule has 0 radical (unpaired) electrons. The maximum atomic E-state index is 13.6. The van der Waals surface area contributed by atoms with E-state index in [0.29, 0.717) is 0 Å². The normalized spacial score (nSPS) is 16.6. The lowest BCUT2D eigenvalue weighted by Gasteiger charge is -2.22. The molecule has 37 heavy (non-hydrogen) atoms. The zero-order valence-electron chi connectivity index (χ0n) is 20.8. The van der Waals surface area contributed by atoms with E-state index in [1.54, 1.807) is 39.0 Å². The first-order valence-corrected chi connectivity index (χ1v) is 14.9. The van der Waals surface area contributed by atoms with Crippen molar-refractivity contribution in [1.29, 1.82) is 0 Å². The molecule has 0 spiro atoms. The number of carbonyl (C=O) groups excluding carboxylic acids is 1. The van der Waals surface area contributed by atoms with Crippen molar-refractivity contribution < 1.29 is 31.1 Å². The summed E-state index contributed by atoms with van der Waals surface area (Å²) in [4.78, 5) is 12.4. The molecular weight excluding hydrogens is 514 g/mol. The molecule has 1 unspecified atom stereocenters. The van der Waals surface area contributed by atoms with Crippen LogP contribution in [-0.2, 0) is 37.6 Å². The topological polar surface area (TPSA) is 116 Å². The number of fused-ring (bicyclic) bond motifs is 1. The van der Waals surface area contributed by atoms with Crippen LogP contribution >= 0.6 is 0 Å². The molecule has 0 bridgehead atoms. The molecule has 0 aliphatic carbocycles. The van der Waals surface area contributed by atoms with E-state index in [9.17, 15) is 21.6 Å². The first kappa shape index (κ1) is 26.7. The molecule has 1 atom stereocenters. The van der Waals surface area contributed by atoms with Gasteiger partial charge in [-0.05, 0) is 56.2 Å². The second kappa shape index (κ2) is 10.2. The highest BCUT2D eigenvalue weighted by molar-refractivity contribution is 7.96. The summed E-state index contributed by atoms with van der Waals surface area (Å²) in [6.45, 7) is 5.14. The number of amides is 1. The summed E-state index contributed by atoms with van der Waals surface area (Å²) in [5.74, 6) is -0.315. The van der Waals surface area contributed by atoms with Gasteiger partial charge in [-0.25, -0.2) is 21.6 Å². The maximum Gasteiger partial charge on any atom is 0.407 e. The van der Waals surface area contributed by atoms with Crippen LogP contribution in [0.5, 0.6) is 5.75 Å². The van der Waals surface area contributed by atoms with Crippen LogP contribution in [0.25, 0.3) is 0 Å². The van der Waals surface area contributed by atoms with Crippen molar-refractivity contribution in [3.05, 3.63) is 89.5 Å². The quantitative estimate of drug-likeness (QED) is 0.463. The van der Waals surface area contributed by atoms with Gasteiger partial charge in [0.05, 0.1) is 22.1 Å². The summed E-state index contributed by atoms with van der Waals surface area (Å²) in [6, 6.07) is 20.0. The number of carbonyl (C=O) groups is 1. The Kier molecular flexibility index (Phi) is 7.34. The van der Waals surface area contributed by atoms with Gasteiger partial charge < -0.3 is 14.8 Å². The van der Waals surface area contributed by atoms with E-state index in [0.717, 1.165) is 5.56 Å². The molecule has 0 saturated carbocycles. The molecule has 0 fully saturated rings. The molecule has 0 aromatic heterocycles. The van der Waals surface area contributed by atoms with Crippen LogP contribution in [0.15, 0.2) is 82.6 Å². The molecule has 1 heterocycles. The van der Waals surface area contributed by atoms with Crippen LogP contribution in [0.1, 0.15) is 42.7 Å². The Morgan fingerprint density at radius 1 is 0.973 bits per heavy atom. The summed E-state index contributed by atoms with van der Waals surface area (Å²) in [6.07, 6.45) is -0.720. The van der Waals surface area contributed by atoms with Crippen LogP contribution in [0.2, 0.25) is 0 Å². The monoisotopic (exact) mass is 543 g/mol. The predicted molar refractivity (Wildman–Crippen MR) is 139 cm³/mol. The zero-order chi connectivity index (χ0) is 26.8. The van der Waals surface area contributed by atoms with Gasteiger partial charge >= 0.3 is 6.09 Å². The average molecular weight is 544 g/mol. The smallest absolute Gasteiger partial charge is 0.407 e. The first-order valence-electron chi connectivity index (χ1n) is 11.7. The van der Waals surface area contributed by atoms with Crippen LogP contribution in [0.4, 0.5) is 4.79 Å². The Morgan fingerprint density at radius 2 is 1.59 bits per heavy atom. The number of rotatable bonds is 7. The Balaban J connectivity index is 1.80. The molecule has 1 aliphatic rings. The van der Waals surface area contributed by atoms with Gasteiger partial charge in [0.25, 0.3) is 0 Å². The van der Waals surface area contributed by atoms with Gasteiger partial charge in [-0.15, -0.1) is 0 Å². The van der Waals surface area contributed by atoms with E-state index in [-0.39, 0.29) is 39.8 Å². The highest BCUT2D eigenvalue weighted by Crippen LogP contribution is 2.45. The van der Waals surface area contributed by atoms with Crippen molar-refractivity contribution >= 4 is 25.8 Å². The van der Waals surface area contributed by atoms with Crippen molar-refractivity contribution in [2.45, 2.75) is 54.6 Å². The molecule has 3 aromatic rings. The fourth-order valence-corrected chi connectivity index (χ4v) is 8.56. The highest BCUT2D eigenvalue weighted by Gasteiger charge is 2.45. The predicted octanol–water partition coefficient (Wildman–Crippen LogP) is 4.59. The molecule has 1 N–H and O–H groups in total. The largest absolute Gasteiger partial charge is 0.489 e. The molecule has 10 heteroatoms. The Labute approximate surface area is 217 Å². The maximum absolute atomic E-state index is 13.6. The van der Waals surface area contributed by atoms with E-state index in [1.807, 2.05) is 30.3 Å². The third-order valence-electron chi connectivity index (χ3n) is 5.79. The van der Waals surface area contributed by atoms with E-state index in [1.165, 1.54) is 24.3 Å². The molecule has 0 saturated heterocycles. The summed E-state index contributed by atoms with van der Waals surface area (Å²) < 4.78 is 64.8. The van der Waals surface area contributed by atoms with Crippen LogP contribution in [-0.4, -0.2) is 34.3 Å². The van der Waals surface area contributed by atoms with Gasteiger partial charge in [-0.1, -0.05) is 48.5 Å². The molecule has 1 aliphatic heterocycles. The molecule has 4 rings (SSSR count). The highest BCUT2D eigenvalue weighted by atomic mass is 32.2. The fourth-order valence-electron chi connectivity index (χ4n) is 4.17. The molecular formula is C27H29NO7S2. The SMILES string of the molecule is CC(C)(C)OC(=O)NCc1c(OCc2ccccc2)ccc2c1C(S(=O)(=O)c1ccccc1)CS2(=O)=O. The van der Waals surface area contributed by atoms with E-state index in [2.05, 4.69) is 5.32 Å². The number of sulfone groups is 2. The zero-order valence-corrected chi connectivity index (χ0v) is 22.4. The van der Waals surface area contributed by atoms with Gasteiger partial charge in [0.1, 0.15) is 23.2 Å². The van der Waals surface area contributed by atoms with Gasteiger partial charge in [0.15, 0.2) is 19.7 Å². The third-order valence-corrected chi connectivity index (χ3v) is 9.88. The Morgan fingerprint density at radius 3 is 2.22 bits per heavy atom. The van der Waals surface area contributed by atoms with Crippen molar-refractivity contribution in [2.24, 2.45) is 0 Å².